The number of alkyl halides is 4. The van der Waals surface area contributed by atoms with Gasteiger partial charge in [0, 0.05) is 6.20 Å². The minimum Gasteiger partial charge on any atom is -0.503 e. The molecule has 0 amide bonds. The first-order valence-electron chi connectivity index (χ1n) is 8.40. The second-order valence-corrected chi connectivity index (χ2v) is 6.85. The van der Waals surface area contributed by atoms with E-state index in [9.17, 15) is 18.0 Å². The molecule has 1 aromatic carbocycles. The maximum Gasteiger partial charge on any atom is 0.421 e. The quantitative estimate of drug-likeness (QED) is 0.170. The van der Waals surface area contributed by atoms with E-state index in [1.807, 2.05) is 0 Å². The number of pyridine rings is 1. The Morgan fingerprint density at radius 2 is 1.83 bits per heavy atom. The zero-order chi connectivity index (χ0) is 21.9. The lowest BCUT2D eigenvalue weighted by Crippen LogP contribution is -2.11. The van der Waals surface area contributed by atoms with Crippen molar-refractivity contribution in [3.63, 3.8) is 0 Å². The fourth-order valence-electron chi connectivity index (χ4n) is 2.23. The van der Waals surface area contributed by atoms with Gasteiger partial charge in [-0.05, 0) is 27.7 Å². The molecule has 0 fully saturated rings. The van der Waals surface area contributed by atoms with E-state index in [0.717, 1.165) is 6.07 Å². The van der Waals surface area contributed by atoms with Crippen LogP contribution in [-0.4, -0.2) is 29.6 Å². The third-order valence-electron chi connectivity index (χ3n) is 3.39. The van der Waals surface area contributed by atoms with Gasteiger partial charge in [0.25, 0.3) is 0 Å². The molecule has 0 aliphatic heterocycles. The molecule has 0 aliphatic carbocycles. The number of aromatic nitrogens is 1. The molecule has 2 aromatic rings. The molecule has 158 valence electrons. The van der Waals surface area contributed by atoms with E-state index in [2.05, 4.69) is 34.5 Å². The first kappa shape index (κ1) is 24.7. The Labute approximate surface area is 181 Å². The molecule has 0 saturated heterocycles. The van der Waals surface area contributed by atoms with E-state index in [4.69, 9.17) is 14.2 Å². The molecule has 2 rings (SSSR count). The highest BCUT2D eigenvalue weighted by Gasteiger charge is 2.35. The van der Waals surface area contributed by atoms with Gasteiger partial charge < -0.3 is 14.2 Å². The number of carbonyl (C=O) groups is 1. The SMILES string of the molecule is CCI.CO/C=C(/C(=O)OC)c1ccccc1COc1ncccc1C(F)(F)F. The van der Waals surface area contributed by atoms with E-state index < -0.39 is 23.6 Å². The molecule has 0 aliphatic rings. The lowest BCUT2D eigenvalue weighted by Gasteiger charge is -2.15. The van der Waals surface area contributed by atoms with E-state index in [1.165, 1.54) is 37.2 Å². The van der Waals surface area contributed by atoms with Gasteiger partial charge in [0.15, 0.2) is 0 Å². The number of esters is 1. The average molecular weight is 523 g/mol. The van der Waals surface area contributed by atoms with Crippen molar-refractivity contribution in [3.05, 3.63) is 65.5 Å². The molecule has 0 bridgehead atoms. The predicted octanol–water partition coefficient (Wildman–Crippen LogP) is 5.28. The molecule has 0 N–H and O–H groups in total. The summed E-state index contributed by atoms with van der Waals surface area (Å²) >= 11 is 2.29. The van der Waals surface area contributed by atoms with Crippen LogP contribution in [0.5, 0.6) is 5.88 Å². The van der Waals surface area contributed by atoms with Crippen molar-refractivity contribution in [1.82, 2.24) is 4.98 Å². The second kappa shape index (κ2) is 12.3. The Balaban J connectivity index is 0.00000132. The number of nitrogens with zero attached hydrogens (tertiary/aromatic N) is 1. The predicted molar refractivity (Wildman–Crippen MR) is 112 cm³/mol. The molecular weight excluding hydrogens is 502 g/mol. The summed E-state index contributed by atoms with van der Waals surface area (Å²) in [4.78, 5) is 15.6. The van der Waals surface area contributed by atoms with Gasteiger partial charge in [0.1, 0.15) is 17.7 Å². The number of methoxy groups -OCH3 is 2. The van der Waals surface area contributed by atoms with Crippen LogP contribution in [0.1, 0.15) is 23.6 Å². The molecule has 0 saturated carbocycles. The van der Waals surface area contributed by atoms with Crippen LogP contribution in [0, 0.1) is 0 Å². The van der Waals surface area contributed by atoms with Crippen LogP contribution >= 0.6 is 22.6 Å². The van der Waals surface area contributed by atoms with Gasteiger partial charge in [-0.25, -0.2) is 9.78 Å². The highest BCUT2D eigenvalue weighted by atomic mass is 127. The molecule has 1 heterocycles. The van der Waals surface area contributed by atoms with Crippen molar-refractivity contribution >= 4 is 34.1 Å². The Morgan fingerprint density at radius 3 is 2.41 bits per heavy atom. The van der Waals surface area contributed by atoms with Crippen molar-refractivity contribution in [2.24, 2.45) is 0 Å². The van der Waals surface area contributed by atoms with Gasteiger partial charge in [-0.3, -0.25) is 0 Å². The number of halogens is 4. The molecule has 0 spiro atoms. The van der Waals surface area contributed by atoms with Crippen LogP contribution in [0.15, 0.2) is 48.9 Å². The first-order valence-corrected chi connectivity index (χ1v) is 9.93. The van der Waals surface area contributed by atoms with Gasteiger partial charge in [-0.2, -0.15) is 13.2 Å². The highest BCUT2D eigenvalue weighted by Crippen LogP contribution is 2.35. The van der Waals surface area contributed by atoms with Gasteiger partial charge in [0.05, 0.1) is 20.5 Å². The summed E-state index contributed by atoms with van der Waals surface area (Å²) in [6.45, 7) is 1.88. The normalized spacial score (nSPS) is 11.2. The van der Waals surface area contributed by atoms with Gasteiger partial charge in [0.2, 0.25) is 5.88 Å². The fraction of sp³-hybridized carbons (Fsp3) is 0.300. The summed E-state index contributed by atoms with van der Waals surface area (Å²) in [5, 5.41) is 0. The third kappa shape index (κ3) is 7.56. The molecule has 5 nitrogen and oxygen atoms in total. The Bertz CT molecular complexity index is 825. The Kier molecular flexibility index (Phi) is 10.5. The highest BCUT2D eigenvalue weighted by molar-refractivity contribution is 14.1. The Hall–Kier alpha value is -2.30. The lowest BCUT2D eigenvalue weighted by molar-refractivity contribution is -0.139. The molecule has 0 unspecified atom stereocenters. The van der Waals surface area contributed by atoms with E-state index >= 15 is 0 Å². The number of hydrogen-bond acceptors (Lipinski definition) is 5. The zero-order valence-corrected chi connectivity index (χ0v) is 18.3. The van der Waals surface area contributed by atoms with Gasteiger partial charge in [-0.15, -0.1) is 0 Å². The number of hydrogen-bond donors (Lipinski definition) is 0. The van der Waals surface area contributed by atoms with Crippen LogP contribution in [-0.2, 0) is 27.1 Å². The maximum atomic E-state index is 13.0. The van der Waals surface area contributed by atoms with Crippen molar-refractivity contribution in [3.8, 4) is 5.88 Å². The number of carbonyl (C=O) groups excluding carboxylic acids is 1. The van der Waals surface area contributed by atoms with Crippen molar-refractivity contribution in [2.75, 3.05) is 18.6 Å². The van der Waals surface area contributed by atoms with Crippen LogP contribution in [0.25, 0.3) is 5.57 Å². The zero-order valence-electron chi connectivity index (χ0n) is 16.1. The average Bonchev–Trinajstić information content (AvgIpc) is 2.70. The minimum absolute atomic E-state index is 0.117. The first-order chi connectivity index (χ1) is 13.8. The maximum absolute atomic E-state index is 13.0. The van der Waals surface area contributed by atoms with Gasteiger partial charge in [-0.1, -0.05) is 53.8 Å². The van der Waals surface area contributed by atoms with E-state index in [0.29, 0.717) is 11.1 Å². The summed E-state index contributed by atoms with van der Waals surface area (Å²) in [7, 11) is 2.58. The summed E-state index contributed by atoms with van der Waals surface area (Å²) in [5.74, 6) is -1.18. The number of ether oxygens (including phenoxy) is 3. The third-order valence-corrected chi connectivity index (χ3v) is 3.39. The fourth-order valence-corrected chi connectivity index (χ4v) is 2.23. The Morgan fingerprint density at radius 1 is 1.17 bits per heavy atom. The van der Waals surface area contributed by atoms with Crippen LogP contribution < -0.4 is 4.74 Å². The lowest BCUT2D eigenvalue weighted by atomic mass is 10.0. The molecule has 29 heavy (non-hydrogen) atoms. The van der Waals surface area contributed by atoms with Crippen LogP contribution in [0.4, 0.5) is 13.2 Å². The molecule has 0 radical (unpaired) electrons. The van der Waals surface area contributed by atoms with E-state index in [1.54, 1.807) is 24.3 Å². The van der Waals surface area contributed by atoms with E-state index in [-0.39, 0.29) is 12.2 Å². The van der Waals surface area contributed by atoms with Crippen molar-refractivity contribution in [1.29, 1.82) is 0 Å². The summed E-state index contributed by atoms with van der Waals surface area (Å²) in [6.07, 6.45) is -2.18. The molecule has 0 atom stereocenters. The van der Waals surface area contributed by atoms with Crippen molar-refractivity contribution < 1.29 is 32.2 Å². The van der Waals surface area contributed by atoms with Gasteiger partial charge >= 0.3 is 12.1 Å². The summed E-state index contributed by atoms with van der Waals surface area (Å²) < 4.78 is 55.2. The monoisotopic (exact) mass is 523 g/mol. The topological polar surface area (TPSA) is 57.7 Å². The van der Waals surface area contributed by atoms with Crippen molar-refractivity contribution in [2.45, 2.75) is 19.7 Å². The smallest absolute Gasteiger partial charge is 0.421 e. The number of benzene rings is 1. The molecule has 9 heteroatoms. The largest absolute Gasteiger partial charge is 0.503 e. The molecule has 1 aromatic heterocycles. The standard InChI is InChI=1S/C18H16F3NO4.C2H5I/c1-24-11-14(17(23)25-2)13-7-4-3-6-12(13)10-26-16-15(18(19,20)21)8-5-9-22-16;1-2-3/h3-9,11H,10H2,1-2H3;2H2,1H3/b14-11+;. The minimum atomic E-state index is -4.59. The second-order valence-electron chi connectivity index (χ2n) is 5.33. The van der Waals surface area contributed by atoms with Crippen LogP contribution in [0.3, 0.4) is 0 Å². The summed E-state index contributed by atoms with van der Waals surface area (Å²) in [5.41, 5.74) is 0.0371. The number of rotatable bonds is 6. The van der Waals surface area contributed by atoms with Crippen LogP contribution in [0.2, 0.25) is 0 Å². The molecular formula is C20H21F3INO4. The summed E-state index contributed by atoms with van der Waals surface area (Å²) in [6, 6.07) is 8.65.